The Bertz CT molecular complexity index is 1120. The maximum absolute atomic E-state index is 13.0. The van der Waals surface area contributed by atoms with E-state index in [9.17, 15) is 14.4 Å². The topological polar surface area (TPSA) is 83.8 Å². The van der Waals surface area contributed by atoms with Gasteiger partial charge in [-0.15, -0.1) is 0 Å². The van der Waals surface area contributed by atoms with Gasteiger partial charge in [0.15, 0.2) is 6.61 Å². The lowest BCUT2D eigenvalue weighted by Gasteiger charge is -2.13. The van der Waals surface area contributed by atoms with Crippen LogP contribution in [0.1, 0.15) is 24.2 Å². The Morgan fingerprint density at radius 2 is 1.76 bits per heavy atom. The number of ether oxygens (including phenoxy) is 3. The fourth-order valence-electron chi connectivity index (χ4n) is 2.91. The summed E-state index contributed by atoms with van der Waals surface area (Å²) in [6.07, 6.45) is 1.10. The van der Waals surface area contributed by atoms with E-state index in [-0.39, 0.29) is 17.2 Å². The van der Waals surface area contributed by atoms with Crippen molar-refractivity contribution in [3.8, 4) is 11.4 Å². The monoisotopic (exact) mass is 395 g/mol. The Kier molecular flexibility index (Phi) is 5.97. The lowest BCUT2D eigenvalue weighted by molar-refractivity contribution is -0.150. The molecule has 3 aromatic rings. The molecule has 0 saturated heterocycles. The van der Waals surface area contributed by atoms with E-state index < -0.39 is 18.5 Å². The summed E-state index contributed by atoms with van der Waals surface area (Å²) in [7, 11) is 1.53. The number of benzene rings is 2. The third kappa shape index (κ3) is 4.45. The number of nitrogens with zero attached hydrogens (tertiary/aromatic N) is 1. The second-order valence-electron chi connectivity index (χ2n) is 6.58. The number of hydrogen-bond acceptors (Lipinski definition) is 6. The molecule has 0 aliphatic heterocycles. The molecule has 0 amide bonds. The molecule has 0 fully saturated rings. The van der Waals surface area contributed by atoms with Gasteiger partial charge in [0, 0.05) is 23.0 Å². The quantitative estimate of drug-likeness (QED) is 0.597. The maximum atomic E-state index is 13.0. The number of esters is 2. The summed E-state index contributed by atoms with van der Waals surface area (Å²) in [5.41, 5.74) is 0.415. The fraction of sp³-hybridized carbons (Fsp3) is 0.227. The summed E-state index contributed by atoms with van der Waals surface area (Å²) in [6, 6.07) is 13.7. The van der Waals surface area contributed by atoms with Gasteiger partial charge in [0.25, 0.3) is 5.56 Å². The Morgan fingerprint density at radius 3 is 2.45 bits per heavy atom. The Labute approximate surface area is 167 Å². The average molecular weight is 395 g/mol. The molecule has 0 radical (unpaired) electrons. The molecule has 0 aliphatic carbocycles. The Morgan fingerprint density at radius 1 is 1.03 bits per heavy atom. The highest BCUT2D eigenvalue weighted by Gasteiger charge is 2.18. The number of aromatic nitrogens is 1. The Hall–Kier alpha value is -3.61. The van der Waals surface area contributed by atoms with Crippen LogP contribution in [0, 0.1) is 0 Å². The van der Waals surface area contributed by atoms with Crippen LogP contribution in [0.3, 0.4) is 0 Å². The van der Waals surface area contributed by atoms with Crippen LogP contribution in [0.2, 0.25) is 0 Å². The Balaban J connectivity index is 2.05. The van der Waals surface area contributed by atoms with Gasteiger partial charge in [-0.05, 0) is 32.0 Å². The summed E-state index contributed by atoms with van der Waals surface area (Å²) in [5, 5.41) is 0.799. The van der Waals surface area contributed by atoms with Gasteiger partial charge in [-0.25, -0.2) is 9.59 Å². The van der Waals surface area contributed by atoms with Crippen molar-refractivity contribution in [2.24, 2.45) is 0 Å². The lowest BCUT2D eigenvalue weighted by atomic mass is 10.1. The van der Waals surface area contributed by atoms with Crippen LogP contribution >= 0.6 is 0 Å². The summed E-state index contributed by atoms with van der Waals surface area (Å²) in [6.45, 7) is 2.90. The van der Waals surface area contributed by atoms with Crippen molar-refractivity contribution < 1.29 is 23.8 Å². The largest absolute Gasteiger partial charge is 0.497 e. The molecule has 3 rings (SSSR count). The van der Waals surface area contributed by atoms with Crippen molar-refractivity contribution in [2.75, 3.05) is 13.7 Å². The van der Waals surface area contributed by atoms with Gasteiger partial charge < -0.3 is 14.2 Å². The van der Waals surface area contributed by atoms with Crippen molar-refractivity contribution in [2.45, 2.75) is 20.0 Å². The molecule has 150 valence electrons. The minimum atomic E-state index is -0.724. The number of carbonyl (C=O) groups excluding carboxylic acids is 2. The molecular weight excluding hydrogens is 374 g/mol. The van der Waals surface area contributed by atoms with Gasteiger partial charge in [0.2, 0.25) is 0 Å². The van der Waals surface area contributed by atoms with Crippen molar-refractivity contribution >= 4 is 22.7 Å². The summed E-state index contributed by atoms with van der Waals surface area (Å²) in [5.74, 6) is -0.791. The van der Waals surface area contributed by atoms with E-state index >= 15 is 0 Å². The van der Waals surface area contributed by atoms with Gasteiger partial charge in [-0.1, -0.05) is 24.3 Å². The number of fused-ring (bicyclic) bond motifs is 1. The first-order chi connectivity index (χ1) is 13.9. The number of methoxy groups -OCH3 is 1. The molecule has 1 aromatic heterocycles. The van der Waals surface area contributed by atoms with Crippen LogP contribution in [-0.4, -0.2) is 36.3 Å². The van der Waals surface area contributed by atoms with E-state index in [0.717, 1.165) is 0 Å². The van der Waals surface area contributed by atoms with Gasteiger partial charge in [-0.2, -0.15) is 0 Å². The van der Waals surface area contributed by atoms with Gasteiger partial charge in [-0.3, -0.25) is 9.36 Å². The van der Waals surface area contributed by atoms with Crippen molar-refractivity contribution in [1.82, 2.24) is 4.57 Å². The first kappa shape index (κ1) is 20.1. The van der Waals surface area contributed by atoms with Crippen LogP contribution < -0.4 is 10.3 Å². The standard InChI is InChI=1S/C22H21NO6/c1-14(2)29-20(24)13-28-22(26)19-12-23(15-7-6-8-16(11-15)27-3)21(25)18-10-5-4-9-17(18)19/h4-12,14H,13H2,1-3H3. The van der Waals surface area contributed by atoms with Crippen molar-refractivity contribution in [3.63, 3.8) is 0 Å². The molecule has 0 atom stereocenters. The molecule has 0 aliphatic rings. The molecule has 0 bridgehead atoms. The predicted molar refractivity (Wildman–Crippen MR) is 108 cm³/mol. The highest BCUT2D eigenvalue weighted by Crippen LogP contribution is 2.20. The summed E-state index contributed by atoms with van der Waals surface area (Å²) in [4.78, 5) is 37.4. The summed E-state index contributed by atoms with van der Waals surface area (Å²) >= 11 is 0. The maximum Gasteiger partial charge on any atom is 0.344 e. The smallest absolute Gasteiger partial charge is 0.344 e. The number of hydrogen-bond donors (Lipinski definition) is 0. The van der Waals surface area contributed by atoms with Crippen LogP contribution in [0.15, 0.2) is 59.5 Å². The summed E-state index contributed by atoms with van der Waals surface area (Å²) < 4.78 is 16.7. The molecular formula is C22H21NO6. The van der Waals surface area contributed by atoms with E-state index in [2.05, 4.69) is 0 Å². The molecule has 1 heterocycles. The van der Waals surface area contributed by atoms with E-state index in [1.54, 1.807) is 62.4 Å². The number of pyridine rings is 1. The highest BCUT2D eigenvalue weighted by atomic mass is 16.6. The number of rotatable bonds is 6. The fourth-order valence-corrected chi connectivity index (χ4v) is 2.91. The van der Waals surface area contributed by atoms with Gasteiger partial charge in [0.1, 0.15) is 5.75 Å². The third-order valence-electron chi connectivity index (χ3n) is 4.16. The SMILES string of the molecule is COc1cccc(-n2cc(C(=O)OCC(=O)OC(C)C)c3ccccc3c2=O)c1. The second kappa shape index (κ2) is 8.60. The van der Waals surface area contributed by atoms with Crippen LogP contribution in [-0.2, 0) is 14.3 Å². The van der Waals surface area contributed by atoms with E-state index in [4.69, 9.17) is 14.2 Å². The van der Waals surface area contributed by atoms with Crippen molar-refractivity contribution in [1.29, 1.82) is 0 Å². The predicted octanol–water partition coefficient (Wildman–Crippen LogP) is 3.11. The zero-order valence-corrected chi connectivity index (χ0v) is 16.4. The van der Waals surface area contributed by atoms with E-state index in [1.807, 2.05) is 0 Å². The molecule has 2 aromatic carbocycles. The first-order valence-electron chi connectivity index (χ1n) is 9.06. The zero-order valence-electron chi connectivity index (χ0n) is 16.4. The van der Waals surface area contributed by atoms with E-state index in [0.29, 0.717) is 22.2 Å². The number of carbonyl (C=O) groups is 2. The van der Waals surface area contributed by atoms with Crippen LogP contribution in [0.4, 0.5) is 0 Å². The minimum Gasteiger partial charge on any atom is -0.497 e. The van der Waals surface area contributed by atoms with E-state index in [1.165, 1.54) is 17.9 Å². The first-order valence-corrected chi connectivity index (χ1v) is 9.06. The molecule has 7 nitrogen and oxygen atoms in total. The molecule has 0 spiro atoms. The zero-order chi connectivity index (χ0) is 21.0. The second-order valence-corrected chi connectivity index (χ2v) is 6.58. The van der Waals surface area contributed by atoms with Gasteiger partial charge in [0.05, 0.1) is 24.5 Å². The molecule has 7 heteroatoms. The van der Waals surface area contributed by atoms with Crippen LogP contribution in [0.25, 0.3) is 16.5 Å². The molecule has 0 saturated carbocycles. The normalized spacial score (nSPS) is 10.8. The van der Waals surface area contributed by atoms with Crippen LogP contribution in [0.5, 0.6) is 5.75 Å². The highest BCUT2D eigenvalue weighted by molar-refractivity contribution is 6.04. The third-order valence-corrected chi connectivity index (χ3v) is 4.16. The molecule has 0 unspecified atom stereocenters. The molecule has 0 N–H and O–H groups in total. The lowest BCUT2D eigenvalue weighted by Crippen LogP contribution is -2.23. The molecule has 29 heavy (non-hydrogen) atoms. The minimum absolute atomic E-state index is 0.167. The van der Waals surface area contributed by atoms with Gasteiger partial charge >= 0.3 is 11.9 Å². The average Bonchev–Trinajstić information content (AvgIpc) is 2.72. The van der Waals surface area contributed by atoms with Crippen molar-refractivity contribution in [3.05, 3.63) is 70.6 Å².